The Morgan fingerprint density at radius 3 is 1.93 bits per heavy atom. The van der Waals surface area contributed by atoms with Gasteiger partial charge in [-0.05, 0) is 44.0 Å². The summed E-state index contributed by atoms with van der Waals surface area (Å²) < 4.78 is 5.18. The van der Waals surface area contributed by atoms with Gasteiger partial charge in [-0.3, -0.25) is 14.5 Å². The largest absolute Gasteiger partial charge is 0.464 e. The minimum Gasteiger partial charge on any atom is -0.464 e. The van der Waals surface area contributed by atoms with E-state index in [1.165, 1.54) is 18.1 Å². The molecular weight excluding hydrogens is 338 g/mol. The molecule has 0 aliphatic carbocycles. The Bertz CT molecular complexity index is 708. The monoisotopic (exact) mass is 365 g/mol. The minimum absolute atomic E-state index is 0.0321. The lowest BCUT2D eigenvalue weighted by atomic mass is 9.68. The maximum absolute atomic E-state index is 11.5. The average molecular weight is 365 g/mol. The van der Waals surface area contributed by atoms with Gasteiger partial charge >= 0.3 is 5.97 Å². The molecular formula is C23H27NO3. The van der Waals surface area contributed by atoms with E-state index in [4.69, 9.17) is 4.74 Å². The predicted molar refractivity (Wildman–Crippen MR) is 106 cm³/mol. The lowest BCUT2D eigenvalue weighted by Crippen LogP contribution is -2.44. The summed E-state index contributed by atoms with van der Waals surface area (Å²) in [6.45, 7) is 4.36. The molecule has 0 bridgehead atoms. The van der Waals surface area contributed by atoms with Crippen molar-refractivity contribution in [3.63, 3.8) is 0 Å². The SMILES string of the molecule is CC(=O)CC(=O)OCCN1CCC(c2ccccc2)(c2ccccc2)CC1. The summed E-state index contributed by atoms with van der Waals surface area (Å²) in [6, 6.07) is 21.5. The maximum Gasteiger partial charge on any atom is 0.313 e. The maximum atomic E-state index is 11.5. The number of carbonyl (C=O) groups excluding carboxylic acids is 2. The summed E-state index contributed by atoms with van der Waals surface area (Å²) in [6.07, 6.45) is 1.93. The van der Waals surface area contributed by atoms with E-state index in [1.54, 1.807) is 0 Å². The van der Waals surface area contributed by atoms with Crippen LogP contribution >= 0.6 is 0 Å². The zero-order valence-electron chi connectivity index (χ0n) is 15.9. The first-order chi connectivity index (χ1) is 13.1. The summed E-state index contributed by atoms with van der Waals surface area (Å²) in [5.41, 5.74) is 2.76. The number of piperidine rings is 1. The topological polar surface area (TPSA) is 46.6 Å². The molecule has 3 rings (SSSR count). The fourth-order valence-corrected chi connectivity index (χ4v) is 3.96. The molecule has 0 radical (unpaired) electrons. The van der Waals surface area contributed by atoms with E-state index in [2.05, 4.69) is 65.6 Å². The molecule has 27 heavy (non-hydrogen) atoms. The molecule has 1 aliphatic heterocycles. The third-order valence-electron chi connectivity index (χ3n) is 5.43. The van der Waals surface area contributed by atoms with Crippen molar-refractivity contribution in [2.75, 3.05) is 26.2 Å². The number of nitrogens with zero attached hydrogens (tertiary/aromatic N) is 1. The Labute approximate surface area is 161 Å². The number of hydrogen-bond acceptors (Lipinski definition) is 4. The quantitative estimate of drug-likeness (QED) is 0.556. The lowest BCUT2D eigenvalue weighted by Gasteiger charge is -2.43. The van der Waals surface area contributed by atoms with Crippen LogP contribution in [0.25, 0.3) is 0 Å². The zero-order valence-corrected chi connectivity index (χ0v) is 15.9. The van der Waals surface area contributed by atoms with Crippen molar-refractivity contribution in [1.82, 2.24) is 4.90 Å². The van der Waals surface area contributed by atoms with Crippen LogP contribution < -0.4 is 0 Å². The fourth-order valence-electron chi connectivity index (χ4n) is 3.96. The molecule has 2 aromatic rings. The first kappa shape index (κ1) is 19.3. The zero-order chi connectivity index (χ0) is 19.1. The molecule has 4 heteroatoms. The number of hydrogen-bond donors (Lipinski definition) is 0. The van der Waals surface area contributed by atoms with Crippen molar-refractivity contribution in [2.24, 2.45) is 0 Å². The second-order valence-corrected chi connectivity index (χ2v) is 7.26. The third-order valence-corrected chi connectivity index (χ3v) is 5.43. The summed E-state index contributed by atoms with van der Waals surface area (Å²) in [4.78, 5) is 24.8. The van der Waals surface area contributed by atoms with Gasteiger partial charge in [-0.15, -0.1) is 0 Å². The summed E-state index contributed by atoms with van der Waals surface area (Å²) >= 11 is 0. The smallest absolute Gasteiger partial charge is 0.313 e. The molecule has 1 saturated heterocycles. The van der Waals surface area contributed by atoms with Crippen LogP contribution in [0.5, 0.6) is 0 Å². The van der Waals surface area contributed by atoms with E-state index >= 15 is 0 Å². The van der Waals surface area contributed by atoms with Crippen LogP contribution in [0.15, 0.2) is 60.7 Å². The van der Waals surface area contributed by atoms with Crippen LogP contribution in [0.3, 0.4) is 0 Å². The highest BCUT2D eigenvalue weighted by molar-refractivity contribution is 5.94. The highest BCUT2D eigenvalue weighted by atomic mass is 16.5. The van der Waals surface area contributed by atoms with Crippen molar-refractivity contribution in [3.05, 3.63) is 71.8 Å². The van der Waals surface area contributed by atoms with Crippen LogP contribution in [0.4, 0.5) is 0 Å². The van der Waals surface area contributed by atoms with Gasteiger partial charge in [0, 0.05) is 12.0 Å². The molecule has 0 saturated carbocycles. The van der Waals surface area contributed by atoms with E-state index in [0.717, 1.165) is 25.9 Å². The molecule has 0 N–H and O–H groups in total. The van der Waals surface area contributed by atoms with Gasteiger partial charge in [-0.1, -0.05) is 60.7 Å². The first-order valence-corrected chi connectivity index (χ1v) is 9.59. The molecule has 4 nitrogen and oxygen atoms in total. The second kappa shape index (κ2) is 8.96. The summed E-state index contributed by atoms with van der Waals surface area (Å²) in [7, 11) is 0. The van der Waals surface area contributed by atoms with Gasteiger partial charge in [0.25, 0.3) is 0 Å². The Hall–Kier alpha value is -2.46. The first-order valence-electron chi connectivity index (χ1n) is 9.59. The fraction of sp³-hybridized carbons (Fsp3) is 0.391. The van der Waals surface area contributed by atoms with Gasteiger partial charge in [0.05, 0.1) is 0 Å². The van der Waals surface area contributed by atoms with E-state index in [-0.39, 0.29) is 17.6 Å². The second-order valence-electron chi connectivity index (χ2n) is 7.26. The number of Topliss-reactive ketones (excluding diaryl/α,β-unsaturated/α-hetero) is 1. The normalized spacial score (nSPS) is 16.6. The molecule has 0 atom stereocenters. The minimum atomic E-state index is -0.428. The van der Waals surface area contributed by atoms with Crippen LogP contribution in [0.1, 0.15) is 37.3 Å². The molecule has 142 valence electrons. The number of rotatable bonds is 7. The molecule has 1 fully saturated rings. The molecule has 0 aromatic heterocycles. The van der Waals surface area contributed by atoms with Gasteiger partial charge in [0.1, 0.15) is 18.8 Å². The highest BCUT2D eigenvalue weighted by Gasteiger charge is 2.37. The van der Waals surface area contributed by atoms with Crippen LogP contribution in [-0.2, 0) is 19.7 Å². The van der Waals surface area contributed by atoms with E-state index in [9.17, 15) is 9.59 Å². The number of benzene rings is 2. The van der Waals surface area contributed by atoms with Crippen molar-refractivity contribution >= 4 is 11.8 Å². The third kappa shape index (κ3) is 4.83. The molecule has 1 heterocycles. The molecule has 1 aliphatic rings. The molecule has 0 spiro atoms. The number of ketones is 1. The van der Waals surface area contributed by atoms with Gasteiger partial charge in [-0.25, -0.2) is 0 Å². The summed E-state index contributed by atoms with van der Waals surface area (Å²) in [5.74, 6) is -0.587. The Kier molecular flexibility index (Phi) is 6.40. The Morgan fingerprint density at radius 2 is 1.44 bits per heavy atom. The van der Waals surface area contributed by atoms with E-state index < -0.39 is 5.97 Å². The molecule has 2 aromatic carbocycles. The van der Waals surface area contributed by atoms with Crippen molar-refractivity contribution in [2.45, 2.75) is 31.6 Å². The van der Waals surface area contributed by atoms with Crippen molar-refractivity contribution in [3.8, 4) is 0 Å². The Morgan fingerprint density at radius 1 is 0.926 bits per heavy atom. The van der Waals surface area contributed by atoms with Crippen molar-refractivity contribution < 1.29 is 14.3 Å². The summed E-state index contributed by atoms with van der Waals surface area (Å²) in [5, 5.41) is 0. The Balaban J connectivity index is 1.63. The standard InChI is InChI=1S/C23H27NO3/c1-19(25)18-22(26)27-17-16-24-14-12-23(13-15-24,20-8-4-2-5-9-20)21-10-6-3-7-11-21/h2-11H,12-18H2,1H3. The molecule has 0 unspecified atom stereocenters. The predicted octanol–water partition coefficient (Wildman–Crippen LogP) is 3.59. The van der Waals surface area contributed by atoms with Gasteiger partial charge in [0.15, 0.2) is 0 Å². The van der Waals surface area contributed by atoms with Crippen molar-refractivity contribution in [1.29, 1.82) is 0 Å². The van der Waals surface area contributed by atoms with Gasteiger partial charge in [-0.2, -0.15) is 0 Å². The van der Waals surface area contributed by atoms with Gasteiger partial charge in [0.2, 0.25) is 0 Å². The van der Waals surface area contributed by atoms with Crippen LogP contribution in [-0.4, -0.2) is 42.9 Å². The lowest BCUT2D eigenvalue weighted by molar-refractivity contribution is -0.146. The number of carbonyl (C=O) groups is 2. The number of ether oxygens (including phenoxy) is 1. The number of likely N-dealkylation sites (tertiary alicyclic amines) is 1. The van der Waals surface area contributed by atoms with Crippen LogP contribution in [0.2, 0.25) is 0 Å². The van der Waals surface area contributed by atoms with Crippen LogP contribution in [0, 0.1) is 0 Å². The average Bonchev–Trinajstić information content (AvgIpc) is 2.69. The highest BCUT2D eigenvalue weighted by Crippen LogP contribution is 2.41. The van der Waals surface area contributed by atoms with E-state index in [1.807, 2.05) is 0 Å². The van der Waals surface area contributed by atoms with E-state index in [0.29, 0.717) is 13.2 Å². The number of esters is 1. The molecule has 0 amide bonds. The van der Waals surface area contributed by atoms with Gasteiger partial charge < -0.3 is 4.74 Å².